The van der Waals surface area contributed by atoms with Crippen molar-refractivity contribution in [1.82, 2.24) is 15.2 Å². The third-order valence-electron chi connectivity index (χ3n) is 4.41. The molecule has 2 aliphatic heterocycles. The first-order valence-electron chi connectivity index (χ1n) is 9.11. The molecule has 14 heteroatoms. The standard InChI is InChI=1S/C18H19N5O7S2/c1-8(24)30-5-3-4-11-14(17(27)28)23-10(7-31-11)13(16(23)26)21-15(25)12(22-29-2)9-6-32-18(19)20-9/h3-4,6,10,13H,5,7H2,1-2H3,(H2,19,20)(H,21,25)(H,27,28)/b4-3+,22-12?. The lowest BCUT2D eigenvalue weighted by atomic mass is 9.94. The van der Waals surface area contributed by atoms with E-state index >= 15 is 0 Å². The van der Waals surface area contributed by atoms with Gasteiger partial charge in [-0.2, -0.15) is 0 Å². The Balaban J connectivity index is 1.75. The van der Waals surface area contributed by atoms with Gasteiger partial charge in [-0.1, -0.05) is 5.16 Å². The van der Waals surface area contributed by atoms with Gasteiger partial charge in [0.1, 0.15) is 31.1 Å². The number of aliphatic carboxylic acids is 1. The van der Waals surface area contributed by atoms with Gasteiger partial charge in [0.05, 0.1) is 6.04 Å². The number of carboxylic acids is 1. The molecule has 1 fully saturated rings. The highest BCUT2D eigenvalue weighted by Gasteiger charge is 2.53. The van der Waals surface area contributed by atoms with E-state index < -0.39 is 35.8 Å². The molecular weight excluding hydrogens is 462 g/mol. The maximum Gasteiger partial charge on any atom is 0.353 e. The number of allylic oxidation sites excluding steroid dienone is 1. The van der Waals surface area contributed by atoms with Crippen molar-refractivity contribution in [2.75, 3.05) is 25.2 Å². The first-order valence-corrected chi connectivity index (χ1v) is 11.0. The summed E-state index contributed by atoms with van der Waals surface area (Å²) in [6.07, 6.45) is 2.98. The average Bonchev–Trinajstić information content (AvgIpc) is 3.17. The van der Waals surface area contributed by atoms with E-state index in [0.717, 1.165) is 16.2 Å². The minimum Gasteiger partial charge on any atom is -0.477 e. The van der Waals surface area contributed by atoms with Gasteiger partial charge in [-0.15, -0.1) is 23.1 Å². The molecule has 2 unspecified atom stereocenters. The van der Waals surface area contributed by atoms with Crippen molar-refractivity contribution in [2.24, 2.45) is 5.16 Å². The summed E-state index contributed by atoms with van der Waals surface area (Å²) in [5.74, 6) is -2.67. The molecule has 170 valence electrons. The van der Waals surface area contributed by atoms with E-state index in [2.05, 4.69) is 15.5 Å². The predicted octanol–water partition coefficient (Wildman–Crippen LogP) is -0.0663. The Morgan fingerprint density at radius 3 is 2.81 bits per heavy atom. The summed E-state index contributed by atoms with van der Waals surface area (Å²) in [5, 5.41) is 17.7. The van der Waals surface area contributed by atoms with Crippen molar-refractivity contribution in [3.63, 3.8) is 0 Å². The van der Waals surface area contributed by atoms with Gasteiger partial charge in [-0.05, 0) is 12.2 Å². The predicted molar refractivity (Wildman–Crippen MR) is 116 cm³/mol. The summed E-state index contributed by atoms with van der Waals surface area (Å²) in [6, 6.07) is -1.49. The number of ether oxygens (including phenoxy) is 1. The number of thioether (sulfide) groups is 1. The van der Waals surface area contributed by atoms with Crippen LogP contribution in [0.1, 0.15) is 12.6 Å². The fraction of sp³-hybridized carbons (Fsp3) is 0.333. The van der Waals surface area contributed by atoms with Crippen LogP contribution in [0.15, 0.2) is 33.3 Å². The number of hydrogen-bond donors (Lipinski definition) is 3. The van der Waals surface area contributed by atoms with Crippen molar-refractivity contribution in [3.8, 4) is 0 Å². The maximum atomic E-state index is 12.7. The summed E-state index contributed by atoms with van der Waals surface area (Å²) >= 11 is 2.33. The molecule has 2 aliphatic rings. The number of nitrogen functional groups attached to an aromatic ring is 1. The number of hydrogen-bond acceptors (Lipinski definition) is 11. The molecule has 4 N–H and O–H groups in total. The Hall–Kier alpha value is -3.39. The number of nitrogens with zero attached hydrogens (tertiary/aromatic N) is 3. The number of β-lactam (4-membered cyclic amide) rings is 1. The highest BCUT2D eigenvalue weighted by molar-refractivity contribution is 8.03. The Labute approximate surface area is 190 Å². The lowest BCUT2D eigenvalue weighted by Gasteiger charge is -2.49. The van der Waals surface area contributed by atoms with Crippen LogP contribution >= 0.6 is 23.1 Å². The van der Waals surface area contributed by atoms with Gasteiger partial charge in [0.15, 0.2) is 10.8 Å². The highest BCUT2D eigenvalue weighted by Crippen LogP contribution is 2.39. The van der Waals surface area contributed by atoms with Gasteiger partial charge in [-0.25, -0.2) is 9.78 Å². The Bertz CT molecular complexity index is 1050. The van der Waals surface area contributed by atoms with E-state index in [4.69, 9.17) is 15.3 Å². The topological polar surface area (TPSA) is 174 Å². The largest absolute Gasteiger partial charge is 0.477 e. The molecule has 0 spiro atoms. The highest BCUT2D eigenvalue weighted by atomic mass is 32.2. The van der Waals surface area contributed by atoms with Crippen LogP contribution < -0.4 is 11.1 Å². The zero-order valence-electron chi connectivity index (χ0n) is 16.9. The zero-order chi connectivity index (χ0) is 23.4. The van der Waals surface area contributed by atoms with Gasteiger partial charge >= 0.3 is 11.9 Å². The van der Waals surface area contributed by atoms with Crippen LogP contribution in [0.25, 0.3) is 0 Å². The molecule has 0 radical (unpaired) electrons. The SMILES string of the molecule is CON=C(C(=O)NC1C(=O)N2C(C(=O)O)=C(/C=C/COC(C)=O)SCC12)c1csc(N)n1. The first-order chi connectivity index (χ1) is 15.2. The lowest BCUT2D eigenvalue weighted by Crippen LogP contribution is -2.73. The minimum absolute atomic E-state index is 0.0227. The molecule has 0 aliphatic carbocycles. The smallest absolute Gasteiger partial charge is 0.353 e. The van der Waals surface area contributed by atoms with Gasteiger partial charge in [-0.3, -0.25) is 19.3 Å². The number of anilines is 1. The van der Waals surface area contributed by atoms with Crippen LogP contribution in [0, 0.1) is 0 Å². The minimum atomic E-state index is -1.29. The number of carboxylic acid groups (broad SMARTS) is 1. The molecule has 0 bridgehead atoms. The summed E-state index contributed by atoms with van der Waals surface area (Å²) in [5.41, 5.74) is 5.45. The van der Waals surface area contributed by atoms with E-state index in [-0.39, 0.29) is 28.8 Å². The Morgan fingerprint density at radius 2 is 2.22 bits per heavy atom. The molecule has 2 amide bonds. The monoisotopic (exact) mass is 481 g/mol. The molecule has 3 heterocycles. The Morgan fingerprint density at radius 1 is 1.47 bits per heavy atom. The van der Waals surface area contributed by atoms with Crippen molar-refractivity contribution >= 4 is 57.7 Å². The number of thiazole rings is 1. The number of oxime groups is 1. The number of nitrogens with one attached hydrogen (secondary N) is 1. The molecule has 12 nitrogen and oxygen atoms in total. The number of amides is 2. The molecule has 0 saturated carbocycles. The van der Waals surface area contributed by atoms with E-state index in [9.17, 15) is 24.3 Å². The summed E-state index contributed by atoms with van der Waals surface area (Å²) < 4.78 is 4.79. The van der Waals surface area contributed by atoms with Crippen LogP contribution in [-0.4, -0.2) is 76.0 Å². The fourth-order valence-corrected chi connectivity index (χ4v) is 4.82. The fourth-order valence-electron chi connectivity index (χ4n) is 3.07. The number of aromatic nitrogens is 1. The van der Waals surface area contributed by atoms with Crippen molar-refractivity contribution in [3.05, 3.63) is 33.8 Å². The van der Waals surface area contributed by atoms with Crippen LogP contribution in [0.2, 0.25) is 0 Å². The van der Waals surface area contributed by atoms with Gasteiger partial charge < -0.3 is 25.7 Å². The van der Waals surface area contributed by atoms with Crippen molar-refractivity contribution in [2.45, 2.75) is 19.0 Å². The second-order valence-electron chi connectivity index (χ2n) is 6.45. The third-order valence-corrected chi connectivity index (χ3v) is 6.23. The molecule has 3 rings (SSSR count). The van der Waals surface area contributed by atoms with Crippen LogP contribution in [-0.2, 0) is 28.8 Å². The quantitative estimate of drug-likeness (QED) is 0.197. The number of carbonyl (C=O) groups excluding carboxylic acids is 3. The number of nitrogens with two attached hydrogens (primary N) is 1. The van der Waals surface area contributed by atoms with Gasteiger partial charge in [0.25, 0.3) is 11.8 Å². The number of rotatable bonds is 8. The normalized spacial score (nSPS) is 20.6. The molecule has 1 saturated heterocycles. The van der Waals surface area contributed by atoms with Crippen molar-refractivity contribution in [1.29, 1.82) is 0 Å². The number of fused-ring (bicyclic) bond motifs is 1. The molecule has 32 heavy (non-hydrogen) atoms. The van der Waals surface area contributed by atoms with E-state index in [1.54, 1.807) is 0 Å². The average molecular weight is 482 g/mol. The molecule has 1 aromatic rings. The summed E-state index contributed by atoms with van der Waals surface area (Å²) in [4.78, 5) is 58.3. The second-order valence-corrected chi connectivity index (χ2v) is 8.41. The number of carbonyl (C=O) groups is 4. The summed E-state index contributed by atoms with van der Waals surface area (Å²) in [7, 11) is 1.26. The van der Waals surface area contributed by atoms with Gasteiger partial charge in [0, 0.05) is 23.0 Å². The summed E-state index contributed by atoms with van der Waals surface area (Å²) in [6.45, 7) is 1.24. The van der Waals surface area contributed by atoms with Crippen LogP contribution in [0.4, 0.5) is 5.13 Å². The van der Waals surface area contributed by atoms with Crippen LogP contribution in [0.5, 0.6) is 0 Å². The molecule has 1 aromatic heterocycles. The molecule has 0 aromatic carbocycles. The number of esters is 1. The van der Waals surface area contributed by atoms with Crippen LogP contribution in [0.3, 0.4) is 0 Å². The van der Waals surface area contributed by atoms with E-state index in [1.165, 1.54) is 43.3 Å². The molecular formula is C18H19N5O7S2. The second kappa shape index (κ2) is 9.82. The maximum absolute atomic E-state index is 12.7. The first kappa shape index (κ1) is 23.3. The third kappa shape index (κ3) is 4.75. The van der Waals surface area contributed by atoms with Crippen molar-refractivity contribution < 1.29 is 33.9 Å². The van der Waals surface area contributed by atoms with E-state index in [0.29, 0.717) is 10.7 Å². The Kier molecular flexibility index (Phi) is 7.15. The zero-order valence-corrected chi connectivity index (χ0v) is 18.6. The lowest BCUT2D eigenvalue weighted by molar-refractivity contribution is -0.153. The van der Waals surface area contributed by atoms with Gasteiger partial charge in [0.2, 0.25) is 0 Å². The molecule has 2 atom stereocenters. The van der Waals surface area contributed by atoms with E-state index in [1.807, 2.05) is 0 Å².